The molecule has 0 aliphatic carbocycles. The molecular weight excluding hydrogens is 438 g/mol. The number of amides is 1. The molecule has 0 bridgehead atoms. The molecule has 1 aromatic carbocycles. The third kappa shape index (κ3) is 5.81. The maximum Gasteiger partial charge on any atom is 0.225 e. The van der Waals surface area contributed by atoms with Gasteiger partial charge in [-0.05, 0) is 72.2 Å². The lowest BCUT2D eigenvalue weighted by Crippen LogP contribution is -2.42. The predicted octanol–water partition coefficient (Wildman–Crippen LogP) is 3.44. The minimum absolute atomic E-state index is 0.0771. The molecule has 2 aromatic rings. The van der Waals surface area contributed by atoms with E-state index in [1.807, 2.05) is 26.0 Å². The molecule has 1 atom stereocenters. The number of benzene rings is 1. The van der Waals surface area contributed by atoms with Gasteiger partial charge in [0.25, 0.3) is 0 Å². The van der Waals surface area contributed by atoms with E-state index >= 15 is 0 Å². The summed E-state index contributed by atoms with van der Waals surface area (Å²) in [6, 6.07) is 8.11. The van der Waals surface area contributed by atoms with Gasteiger partial charge in [-0.3, -0.25) is 9.79 Å². The number of nitrogens with zero attached hydrogens (tertiary/aromatic N) is 6. The lowest BCUT2D eigenvalue weighted by Gasteiger charge is -2.34. The summed E-state index contributed by atoms with van der Waals surface area (Å²) in [4.78, 5) is 24.4. The van der Waals surface area contributed by atoms with E-state index in [0.29, 0.717) is 23.3 Å². The second-order valence-electron chi connectivity index (χ2n) is 10.4. The molecule has 8 heteroatoms. The zero-order chi connectivity index (χ0) is 25.1. The van der Waals surface area contributed by atoms with Crippen molar-refractivity contribution < 1.29 is 4.79 Å². The highest BCUT2D eigenvalue weighted by Gasteiger charge is 2.34. The van der Waals surface area contributed by atoms with Crippen molar-refractivity contribution in [1.82, 2.24) is 20.0 Å². The van der Waals surface area contributed by atoms with Crippen LogP contribution in [0.2, 0.25) is 0 Å². The number of nitrogen functional groups attached to an aromatic ring is 1. The van der Waals surface area contributed by atoms with E-state index in [1.54, 1.807) is 0 Å². The highest BCUT2D eigenvalue weighted by atomic mass is 16.2. The van der Waals surface area contributed by atoms with E-state index in [0.717, 1.165) is 74.6 Å². The molecule has 0 saturated carbocycles. The van der Waals surface area contributed by atoms with Crippen LogP contribution >= 0.6 is 0 Å². The van der Waals surface area contributed by atoms with E-state index in [-0.39, 0.29) is 5.92 Å². The van der Waals surface area contributed by atoms with Crippen molar-refractivity contribution in [2.45, 2.75) is 40.0 Å². The summed E-state index contributed by atoms with van der Waals surface area (Å²) in [6.45, 7) is 10.3. The minimum Gasteiger partial charge on any atom is -0.395 e. The third-order valence-corrected chi connectivity index (χ3v) is 7.22. The monoisotopic (exact) mass is 477 g/mol. The van der Waals surface area contributed by atoms with Crippen LogP contribution in [0.3, 0.4) is 0 Å². The van der Waals surface area contributed by atoms with Gasteiger partial charge >= 0.3 is 0 Å². The van der Waals surface area contributed by atoms with Crippen molar-refractivity contribution in [1.29, 1.82) is 0 Å². The Balaban J connectivity index is 1.43. The van der Waals surface area contributed by atoms with E-state index in [9.17, 15) is 4.79 Å². The van der Waals surface area contributed by atoms with Crippen LogP contribution in [-0.4, -0.2) is 78.4 Å². The molecule has 8 nitrogen and oxygen atoms in total. The number of nitrogens with two attached hydrogens (primary N) is 1. The summed E-state index contributed by atoms with van der Waals surface area (Å²) in [7, 11) is 4.20. The van der Waals surface area contributed by atoms with Gasteiger partial charge in [-0.15, -0.1) is 5.10 Å². The van der Waals surface area contributed by atoms with Crippen molar-refractivity contribution in [3.8, 4) is 0 Å². The number of piperidine rings is 1. The van der Waals surface area contributed by atoms with Crippen LogP contribution in [0.15, 0.2) is 29.3 Å². The normalized spacial score (nSPS) is 19.6. The first kappa shape index (κ1) is 25.1. The average molecular weight is 478 g/mol. The number of carbonyl (C=O) groups excluding carboxylic acids is 1. The summed E-state index contributed by atoms with van der Waals surface area (Å²) >= 11 is 0. The molecule has 1 unspecified atom stereocenters. The molecule has 188 valence electrons. The number of aryl methyl sites for hydroxylation is 2. The Morgan fingerprint density at radius 3 is 2.43 bits per heavy atom. The summed E-state index contributed by atoms with van der Waals surface area (Å²) < 4.78 is 0. The molecule has 0 spiro atoms. The molecule has 1 aromatic heterocycles. The molecule has 1 amide bonds. The van der Waals surface area contributed by atoms with E-state index in [2.05, 4.69) is 58.0 Å². The second-order valence-corrected chi connectivity index (χ2v) is 10.4. The summed E-state index contributed by atoms with van der Waals surface area (Å²) in [5, 5.41) is 8.85. The van der Waals surface area contributed by atoms with Gasteiger partial charge in [-0.1, -0.05) is 17.7 Å². The van der Waals surface area contributed by atoms with Crippen molar-refractivity contribution >= 4 is 28.8 Å². The molecule has 2 fully saturated rings. The van der Waals surface area contributed by atoms with Crippen molar-refractivity contribution in [2.24, 2.45) is 16.8 Å². The fourth-order valence-electron chi connectivity index (χ4n) is 5.39. The first-order chi connectivity index (χ1) is 16.7. The Labute approximate surface area is 209 Å². The number of hydrogen-bond acceptors (Lipinski definition) is 7. The van der Waals surface area contributed by atoms with E-state index in [4.69, 9.17) is 10.7 Å². The van der Waals surface area contributed by atoms with Crippen molar-refractivity contribution in [3.63, 3.8) is 0 Å². The fourth-order valence-corrected chi connectivity index (χ4v) is 5.39. The van der Waals surface area contributed by atoms with Crippen molar-refractivity contribution in [3.05, 3.63) is 41.1 Å². The number of rotatable bonds is 6. The van der Waals surface area contributed by atoms with Crippen LogP contribution in [0.25, 0.3) is 0 Å². The first-order valence-corrected chi connectivity index (χ1v) is 12.7. The molecular formula is C27H39N7O. The quantitative estimate of drug-likeness (QED) is 0.641. The lowest BCUT2D eigenvalue weighted by atomic mass is 9.95. The average Bonchev–Trinajstić information content (AvgIpc) is 3.28. The van der Waals surface area contributed by atoms with Crippen LogP contribution in [-0.2, 0) is 4.79 Å². The number of hydrogen-bond donors (Lipinski definition) is 1. The highest BCUT2D eigenvalue weighted by Crippen LogP contribution is 2.31. The van der Waals surface area contributed by atoms with Gasteiger partial charge in [0.1, 0.15) is 0 Å². The smallest absolute Gasteiger partial charge is 0.225 e. The first-order valence-electron chi connectivity index (χ1n) is 12.7. The van der Waals surface area contributed by atoms with Gasteiger partial charge < -0.3 is 20.4 Å². The molecule has 2 N–H and O–H groups in total. The molecule has 2 aliphatic rings. The number of aliphatic imine (C=N–C) groups is 1. The highest BCUT2D eigenvalue weighted by molar-refractivity contribution is 6.06. The molecule has 0 radical (unpaired) electrons. The number of carbonyl (C=O) groups is 1. The van der Waals surface area contributed by atoms with Crippen molar-refractivity contribution in [2.75, 3.05) is 57.5 Å². The zero-order valence-corrected chi connectivity index (χ0v) is 21.8. The van der Waals surface area contributed by atoms with Crippen LogP contribution in [0, 0.1) is 25.7 Å². The van der Waals surface area contributed by atoms with E-state index < -0.39 is 0 Å². The maximum absolute atomic E-state index is 13.1. The number of aromatic nitrogens is 2. The molecule has 2 aliphatic heterocycles. The van der Waals surface area contributed by atoms with Gasteiger partial charge in [-0.2, -0.15) is 5.10 Å². The van der Waals surface area contributed by atoms with Gasteiger partial charge in [0.15, 0.2) is 5.82 Å². The summed E-state index contributed by atoms with van der Waals surface area (Å²) in [5.74, 6) is 1.67. The SMILES string of the molecule is CC(=Nc1ccc(C)cc1)c1c(C)nnc(N2CCC(C(=O)N3CCC(CN(C)C)C3)CC2)c1N. The maximum atomic E-state index is 13.1. The fraction of sp³-hybridized carbons (Fsp3) is 0.556. The van der Waals surface area contributed by atoms with Gasteiger partial charge in [-0.25, -0.2) is 0 Å². The Morgan fingerprint density at radius 2 is 1.77 bits per heavy atom. The summed E-state index contributed by atoms with van der Waals surface area (Å²) in [6.07, 6.45) is 2.73. The standard InChI is InChI=1S/C27H39N7O/c1-18-6-8-23(9-7-18)29-19(2)24-20(3)30-31-26(25(24)28)33-14-11-22(12-15-33)27(35)34-13-10-21(17-34)16-32(4)5/h6-9,21-22H,10-17H2,1-5H3,(H2,28,30). The van der Waals surface area contributed by atoms with Crippen LogP contribution in [0.1, 0.15) is 43.0 Å². The minimum atomic E-state index is 0.0771. The van der Waals surface area contributed by atoms with Crippen LogP contribution < -0.4 is 10.6 Å². The lowest BCUT2D eigenvalue weighted by molar-refractivity contribution is -0.135. The van der Waals surface area contributed by atoms with Gasteiger partial charge in [0.2, 0.25) is 5.91 Å². The zero-order valence-electron chi connectivity index (χ0n) is 21.8. The number of anilines is 2. The molecule has 4 rings (SSSR count). The largest absolute Gasteiger partial charge is 0.395 e. The Kier molecular flexibility index (Phi) is 7.69. The Bertz CT molecular complexity index is 1070. The summed E-state index contributed by atoms with van der Waals surface area (Å²) in [5.41, 5.74) is 11.8. The molecule has 35 heavy (non-hydrogen) atoms. The van der Waals surface area contributed by atoms with E-state index in [1.165, 1.54) is 5.56 Å². The Hall–Kier alpha value is -3.00. The van der Waals surface area contributed by atoms with Gasteiger partial charge in [0.05, 0.1) is 17.1 Å². The van der Waals surface area contributed by atoms with Gasteiger partial charge in [0, 0.05) is 49.9 Å². The predicted molar refractivity (Wildman–Crippen MR) is 142 cm³/mol. The topological polar surface area (TPSA) is 91.0 Å². The molecule has 3 heterocycles. The van der Waals surface area contributed by atoms with Crippen LogP contribution in [0.5, 0.6) is 0 Å². The second kappa shape index (κ2) is 10.7. The molecule has 2 saturated heterocycles. The Morgan fingerprint density at radius 1 is 1.09 bits per heavy atom. The third-order valence-electron chi connectivity index (χ3n) is 7.22. The van der Waals surface area contributed by atoms with Crippen LogP contribution in [0.4, 0.5) is 17.2 Å². The number of likely N-dealkylation sites (tertiary alicyclic amines) is 1.